The predicted molar refractivity (Wildman–Crippen MR) is 75.4 cm³/mol. The number of carboxylic acid groups (broad SMARTS) is 1. The van der Waals surface area contributed by atoms with Crippen molar-refractivity contribution in [2.75, 3.05) is 7.11 Å². The summed E-state index contributed by atoms with van der Waals surface area (Å²) in [6, 6.07) is 9.78. The molecule has 2 aromatic rings. The molecule has 0 spiro atoms. The minimum atomic E-state index is -1.02. The fourth-order valence-corrected chi connectivity index (χ4v) is 2.25. The summed E-state index contributed by atoms with van der Waals surface area (Å²) in [5, 5.41) is 10.1. The van der Waals surface area contributed by atoms with E-state index in [2.05, 4.69) is 0 Å². The molecule has 2 rings (SSSR count). The Kier molecular flexibility index (Phi) is 3.98. The maximum absolute atomic E-state index is 11.1. The average Bonchev–Trinajstić information content (AvgIpc) is 2.37. The lowest BCUT2D eigenvalue weighted by atomic mass is 10.0. The summed E-state index contributed by atoms with van der Waals surface area (Å²) in [6.07, 6.45) is 0. The van der Waals surface area contributed by atoms with Crippen LogP contribution in [0.4, 0.5) is 0 Å². The van der Waals surface area contributed by atoms with E-state index in [1.54, 1.807) is 30.3 Å². The summed E-state index contributed by atoms with van der Waals surface area (Å²) in [5.74, 6) is -0.556. The molecule has 0 radical (unpaired) electrons. The summed E-state index contributed by atoms with van der Waals surface area (Å²) in [4.78, 5) is 11.1. The number of ether oxygens (including phenoxy) is 1. The third-order valence-corrected chi connectivity index (χ3v) is 3.02. The van der Waals surface area contributed by atoms with Gasteiger partial charge in [-0.3, -0.25) is 0 Å². The lowest BCUT2D eigenvalue weighted by Gasteiger charge is -2.08. The fourth-order valence-electron chi connectivity index (χ4n) is 1.73. The molecular weight excluding hydrogens is 287 g/mol. The molecule has 0 saturated carbocycles. The molecule has 3 nitrogen and oxygen atoms in total. The molecule has 0 heterocycles. The van der Waals surface area contributed by atoms with Gasteiger partial charge < -0.3 is 9.84 Å². The Bertz CT molecular complexity index is 618. The number of methoxy groups -OCH3 is 1. The molecule has 0 amide bonds. The third-order valence-electron chi connectivity index (χ3n) is 2.59. The van der Waals surface area contributed by atoms with E-state index in [1.807, 2.05) is 0 Å². The molecule has 19 heavy (non-hydrogen) atoms. The van der Waals surface area contributed by atoms with Crippen molar-refractivity contribution in [2.24, 2.45) is 0 Å². The largest absolute Gasteiger partial charge is 0.497 e. The molecule has 0 bridgehead atoms. The van der Waals surface area contributed by atoms with Gasteiger partial charge in [-0.25, -0.2) is 4.79 Å². The molecule has 2 aromatic carbocycles. The summed E-state index contributed by atoms with van der Waals surface area (Å²) >= 11 is 11.9. The molecular formula is C14H10Cl2O3. The number of hydrogen-bond donors (Lipinski definition) is 1. The van der Waals surface area contributed by atoms with Gasteiger partial charge in [-0.1, -0.05) is 23.2 Å². The molecule has 5 heteroatoms. The smallest absolute Gasteiger partial charge is 0.335 e. The SMILES string of the molecule is COc1cc(C(=O)O)cc(-c2cc(Cl)cc(Cl)c2)c1. The van der Waals surface area contributed by atoms with Crippen molar-refractivity contribution >= 4 is 29.2 Å². The van der Waals surface area contributed by atoms with E-state index in [0.717, 1.165) is 5.56 Å². The molecule has 0 fully saturated rings. The monoisotopic (exact) mass is 296 g/mol. The predicted octanol–water partition coefficient (Wildman–Crippen LogP) is 4.37. The first-order valence-corrected chi connectivity index (χ1v) is 6.14. The van der Waals surface area contributed by atoms with Gasteiger partial charge in [-0.2, -0.15) is 0 Å². The zero-order valence-electron chi connectivity index (χ0n) is 9.98. The van der Waals surface area contributed by atoms with Crippen LogP contribution in [0.25, 0.3) is 11.1 Å². The number of rotatable bonds is 3. The Labute approximate surface area is 120 Å². The molecule has 98 valence electrons. The minimum absolute atomic E-state index is 0.144. The van der Waals surface area contributed by atoms with Crippen LogP contribution in [0.2, 0.25) is 10.0 Å². The second kappa shape index (κ2) is 5.51. The van der Waals surface area contributed by atoms with Crippen LogP contribution >= 0.6 is 23.2 Å². The van der Waals surface area contributed by atoms with Crippen molar-refractivity contribution in [1.29, 1.82) is 0 Å². The topological polar surface area (TPSA) is 46.5 Å². The highest BCUT2D eigenvalue weighted by Gasteiger charge is 2.10. The van der Waals surface area contributed by atoms with Crippen LogP contribution in [-0.4, -0.2) is 18.2 Å². The fraction of sp³-hybridized carbons (Fsp3) is 0.0714. The lowest BCUT2D eigenvalue weighted by Crippen LogP contribution is -1.97. The Balaban J connectivity index is 2.60. The third kappa shape index (κ3) is 3.19. The number of benzene rings is 2. The summed E-state index contributed by atoms with van der Waals surface area (Å²) in [5.41, 5.74) is 1.56. The van der Waals surface area contributed by atoms with Gasteiger partial charge in [0.1, 0.15) is 5.75 Å². The van der Waals surface area contributed by atoms with Crippen molar-refractivity contribution in [3.8, 4) is 16.9 Å². The maximum Gasteiger partial charge on any atom is 0.335 e. The lowest BCUT2D eigenvalue weighted by molar-refractivity contribution is 0.0696. The van der Waals surface area contributed by atoms with Gasteiger partial charge in [0.25, 0.3) is 0 Å². The minimum Gasteiger partial charge on any atom is -0.497 e. The van der Waals surface area contributed by atoms with E-state index < -0.39 is 5.97 Å². The highest BCUT2D eigenvalue weighted by molar-refractivity contribution is 6.35. The molecule has 0 aliphatic rings. The molecule has 0 aromatic heterocycles. The summed E-state index contributed by atoms with van der Waals surface area (Å²) < 4.78 is 5.10. The number of carboxylic acids is 1. The van der Waals surface area contributed by atoms with Crippen molar-refractivity contribution in [3.05, 3.63) is 52.0 Å². The van der Waals surface area contributed by atoms with Crippen molar-refractivity contribution < 1.29 is 14.6 Å². The summed E-state index contributed by atoms with van der Waals surface area (Å²) in [7, 11) is 1.48. The highest BCUT2D eigenvalue weighted by atomic mass is 35.5. The summed E-state index contributed by atoms with van der Waals surface area (Å²) in [6.45, 7) is 0. The van der Waals surface area contributed by atoms with E-state index in [1.165, 1.54) is 13.2 Å². The Morgan fingerprint density at radius 3 is 2.11 bits per heavy atom. The van der Waals surface area contributed by atoms with Gasteiger partial charge in [-0.05, 0) is 47.5 Å². The van der Waals surface area contributed by atoms with Crippen LogP contribution < -0.4 is 4.74 Å². The maximum atomic E-state index is 11.1. The quantitative estimate of drug-likeness (QED) is 0.915. The van der Waals surface area contributed by atoms with Gasteiger partial charge in [0.15, 0.2) is 0 Å². The Hall–Kier alpha value is -1.71. The highest BCUT2D eigenvalue weighted by Crippen LogP contribution is 2.30. The van der Waals surface area contributed by atoms with Gasteiger partial charge in [0, 0.05) is 10.0 Å². The van der Waals surface area contributed by atoms with Crippen molar-refractivity contribution in [2.45, 2.75) is 0 Å². The van der Waals surface area contributed by atoms with Gasteiger partial charge >= 0.3 is 5.97 Å². The van der Waals surface area contributed by atoms with Crippen LogP contribution in [0.15, 0.2) is 36.4 Å². The van der Waals surface area contributed by atoms with E-state index in [4.69, 9.17) is 33.0 Å². The van der Waals surface area contributed by atoms with Crippen LogP contribution in [0, 0.1) is 0 Å². The zero-order chi connectivity index (χ0) is 14.0. The second-order valence-corrected chi connectivity index (χ2v) is 4.79. The Morgan fingerprint density at radius 1 is 1.00 bits per heavy atom. The number of hydrogen-bond acceptors (Lipinski definition) is 2. The van der Waals surface area contributed by atoms with Crippen molar-refractivity contribution in [1.82, 2.24) is 0 Å². The van der Waals surface area contributed by atoms with Gasteiger partial charge in [0.2, 0.25) is 0 Å². The molecule has 0 aliphatic carbocycles. The molecule has 0 saturated heterocycles. The van der Waals surface area contributed by atoms with E-state index in [-0.39, 0.29) is 5.56 Å². The molecule has 0 unspecified atom stereocenters. The first-order valence-electron chi connectivity index (χ1n) is 5.38. The molecule has 1 N–H and O–H groups in total. The van der Waals surface area contributed by atoms with Crippen LogP contribution in [0.1, 0.15) is 10.4 Å². The van der Waals surface area contributed by atoms with E-state index in [0.29, 0.717) is 21.4 Å². The second-order valence-electron chi connectivity index (χ2n) is 3.91. The van der Waals surface area contributed by atoms with Crippen molar-refractivity contribution in [3.63, 3.8) is 0 Å². The van der Waals surface area contributed by atoms with Crippen LogP contribution in [0.5, 0.6) is 5.75 Å². The molecule has 0 atom stereocenters. The number of aromatic carboxylic acids is 1. The van der Waals surface area contributed by atoms with Crippen LogP contribution in [0.3, 0.4) is 0 Å². The zero-order valence-corrected chi connectivity index (χ0v) is 11.5. The first-order chi connectivity index (χ1) is 8.99. The first kappa shape index (κ1) is 13.7. The number of carbonyl (C=O) groups is 1. The van der Waals surface area contributed by atoms with Crippen LogP contribution in [-0.2, 0) is 0 Å². The normalized spacial score (nSPS) is 10.3. The Morgan fingerprint density at radius 2 is 1.58 bits per heavy atom. The van der Waals surface area contributed by atoms with E-state index >= 15 is 0 Å². The van der Waals surface area contributed by atoms with E-state index in [9.17, 15) is 4.79 Å². The average molecular weight is 297 g/mol. The molecule has 0 aliphatic heterocycles. The van der Waals surface area contributed by atoms with Gasteiger partial charge in [0.05, 0.1) is 12.7 Å². The number of halogens is 2. The standard InChI is InChI=1S/C14H10Cl2O3/c1-19-13-5-8(2-10(6-13)14(17)18)9-3-11(15)7-12(16)4-9/h2-7H,1H3,(H,17,18). The van der Waals surface area contributed by atoms with Gasteiger partial charge in [-0.15, -0.1) is 0 Å².